The second-order valence-electron chi connectivity index (χ2n) is 7.24. The van der Waals surface area contributed by atoms with Crippen molar-refractivity contribution >= 4 is 29.3 Å². The molecule has 164 valence electrons. The molecule has 0 bridgehead atoms. The van der Waals surface area contributed by atoms with Crippen molar-refractivity contribution < 1.29 is 19.4 Å². The SMILES string of the molecule is CSc1cnc(O[C@H](C(=O)O)[C@@]2(c3ccccc3)NCC(=O)N(C)c3ccccc32)nc1. The average Bonchev–Trinajstić information content (AvgIpc) is 2.94. The smallest absolute Gasteiger partial charge is 0.347 e. The Morgan fingerprint density at radius 2 is 1.81 bits per heavy atom. The Bertz CT molecular complexity index is 1130. The summed E-state index contributed by atoms with van der Waals surface area (Å²) in [6, 6.07) is 16.3. The molecule has 0 spiro atoms. The number of hydrogen-bond acceptors (Lipinski definition) is 7. The van der Waals surface area contributed by atoms with Crippen LogP contribution in [0, 0.1) is 0 Å². The molecule has 1 aliphatic rings. The number of fused-ring (bicyclic) bond motifs is 1. The zero-order valence-corrected chi connectivity index (χ0v) is 18.4. The number of carboxylic acid groups (broad SMARTS) is 1. The van der Waals surface area contributed by atoms with Crippen LogP contribution in [0.3, 0.4) is 0 Å². The lowest BCUT2D eigenvalue weighted by Crippen LogP contribution is -2.58. The molecule has 1 aromatic heterocycles. The van der Waals surface area contributed by atoms with Crippen molar-refractivity contribution in [2.75, 3.05) is 24.7 Å². The van der Waals surface area contributed by atoms with Crippen LogP contribution in [0.15, 0.2) is 71.9 Å². The first-order valence-electron chi connectivity index (χ1n) is 9.89. The van der Waals surface area contributed by atoms with Gasteiger partial charge in [0.15, 0.2) is 0 Å². The Kier molecular flexibility index (Phi) is 6.11. The molecule has 0 radical (unpaired) electrons. The molecule has 2 aromatic carbocycles. The molecule has 0 unspecified atom stereocenters. The number of carboxylic acids is 1. The van der Waals surface area contributed by atoms with E-state index in [2.05, 4.69) is 15.3 Å². The molecule has 4 rings (SSSR count). The highest BCUT2D eigenvalue weighted by Gasteiger charge is 2.51. The standard InChI is InChI=1S/C23H22N4O4S/c1-27-18-11-7-6-10-17(18)23(26-14-19(27)28,15-8-4-3-5-9-15)20(21(29)30)31-22-24-12-16(32-2)13-25-22/h3-13,20,26H,14H2,1-2H3,(H,29,30)/t20-,23+/m1/s1. The van der Waals surface area contributed by atoms with Gasteiger partial charge in [0.1, 0.15) is 5.54 Å². The fourth-order valence-corrected chi connectivity index (χ4v) is 4.22. The zero-order valence-electron chi connectivity index (χ0n) is 17.6. The van der Waals surface area contributed by atoms with Crippen LogP contribution in [0.1, 0.15) is 11.1 Å². The monoisotopic (exact) mass is 450 g/mol. The largest absolute Gasteiger partial charge is 0.478 e. The number of amides is 1. The third kappa shape index (κ3) is 3.80. The van der Waals surface area contributed by atoms with Gasteiger partial charge in [-0.05, 0) is 17.9 Å². The molecule has 1 aliphatic heterocycles. The summed E-state index contributed by atoms with van der Waals surface area (Å²) in [5.41, 5.74) is 0.460. The maximum Gasteiger partial charge on any atom is 0.347 e. The Hall–Kier alpha value is -3.43. The molecule has 2 heterocycles. The van der Waals surface area contributed by atoms with Crippen LogP contribution < -0.4 is 15.0 Å². The van der Waals surface area contributed by atoms with Gasteiger partial charge in [0, 0.05) is 35.6 Å². The summed E-state index contributed by atoms with van der Waals surface area (Å²) >= 11 is 1.47. The third-order valence-corrected chi connectivity index (χ3v) is 6.18. The molecule has 0 aliphatic carbocycles. The van der Waals surface area contributed by atoms with E-state index in [4.69, 9.17) is 4.74 Å². The number of ether oxygens (including phenoxy) is 1. The minimum Gasteiger partial charge on any atom is -0.478 e. The molecule has 8 nitrogen and oxygen atoms in total. The van der Waals surface area contributed by atoms with Gasteiger partial charge in [-0.3, -0.25) is 10.1 Å². The van der Waals surface area contributed by atoms with Gasteiger partial charge in [-0.1, -0.05) is 48.5 Å². The number of hydrogen-bond donors (Lipinski definition) is 2. The van der Waals surface area contributed by atoms with Crippen molar-refractivity contribution in [1.29, 1.82) is 0 Å². The summed E-state index contributed by atoms with van der Waals surface area (Å²) in [6.45, 7) is -0.0838. The van der Waals surface area contributed by atoms with E-state index in [1.807, 2.05) is 48.7 Å². The second-order valence-corrected chi connectivity index (χ2v) is 8.12. The van der Waals surface area contributed by atoms with Crippen LogP contribution >= 0.6 is 11.8 Å². The molecule has 9 heteroatoms. The lowest BCUT2D eigenvalue weighted by Gasteiger charge is -2.39. The molecule has 2 atom stereocenters. The quantitative estimate of drug-likeness (QED) is 0.552. The highest BCUT2D eigenvalue weighted by atomic mass is 32.2. The van der Waals surface area contributed by atoms with Gasteiger partial charge in [-0.15, -0.1) is 11.8 Å². The lowest BCUT2D eigenvalue weighted by molar-refractivity contribution is -0.149. The predicted molar refractivity (Wildman–Crippen MR) is 121 cm³/mol. The van der Waals surface area contributed by atoms with E-state index >= 15 is 0 Å². The predicted octanol–water partition coefficient (Wildman–Crippen LogP) is 2.54. The van der Waals surface area contributed by atoms with Crippen LogP contribution in [-0.2, 0) is 15.1 Å². The number of anilines is 1. The highest BCUT2D eigenvalue weighted by molar-refractivity contribution is 7.98. The van der Waals surface area contributed by atoms with E-state index in [9.17, 15) is 14.7 Å². The first kappa shape index (κ1) is 21.8. The first-order chi connectivity index (χ1) is 15.5. The third-order valence-electron chi connectivity index (χ3n) is 5.49. The number of aromatic nitrogens is 2. The number of nitrogens with zero attached hydrogens (tertiary/aromatic N) is 3. The fourth-order valence-electron chi connectivity index (χ4n) is 3.91. The number of para-hydroxylation sites is 1. The highest BCUT2D eigenvalue weighted by Crippen LogP contribution is 2.41. The van der Waals surface area contributed by atoms with Crippen molar-refractivity contribution in [3.8, 4) is 6.01 Å². The van der Waals surface area contributed by atoms with Crippen molar-refractivity contribution in [2.24, 2.45) is 0 Å². The summed E-state index contributed by atoms with van der Waals surface area (Å²) in [4.78, 5) is 36.1. The summed E-state index contributed by atoms with van der Waals surface area (Å²) in [6.07, 6.45) is 3.58. The van der Waals surface area contributed by atoms with Gasteiger partial charge in [0.05, 0.1) is 6.54 Å². The van der Waals surface area contributed by atoms with Gasteiger partial charge in [0.2, 0.25) is 12.0 Å². The topological polar surface area (TPSA) is 105 Å². The first-order valence-corrected chi connectivity index (χ1v) is 11.1. The zero-order chi connectivity index (χ0) is 22.7. The number of thioether (sulfide) groups is 1. The molecular formula is C23H22N4O4S. The Morgan fingerprint density at radius 3 is 2.47 bits per heavy atom. The van der Waals surface area contributed by atoms with E-state index in [0.29, 0.717) is 16.8 Å². The number of carbonyl (C=O) groups excluding carboxylic acids is 1. The van der Waals surface area contributed by atoms with Gasteiger partial charge < -0.3 is 14.7 Å². The van der Waals surface area contributed by atoms with Gasteiger partial charge in [0.25, 0.3) is 0 Å². The number of benzene rings is 2. The summed E-state index contributed by atoms with van der Waals surface area (Å²) in [7, 11) is 1.67. The molecule has 32 heavy (non-hydrogen) atoms. The number of carbonyl (C=O) groups is 2. The van der Waals surface area contributed by atoms with Gasteiger partial charge >= 0.3 is 12.0 Å². The van der Waals surface area contributed by atoms with Crippen LogP contribution in [0.25, 0.3) is 0 Å². The Balaban J connectivity index is 1.94. The number of rotatable bonds is 6. The number of nitrogens with one attached hydrogen (secondary N) is 1. The minimum absolute atomic E-state index is 0.0614. The summed E-state index contributed by atoms with van der Waals surface area (Å²) in [5, 5.41) is 13.6. The van der Waals surface area contributed by atoms with E-state index in [1.165, 1.54) is 16.7 Å². The summed E-state index contributed by atoms with van der Waals surface area (Å²) in [5.74, 6) is -1.41. The maximum atomic E-state index is 12.8. The minimum atomic E-state index is -1.47. The van der Waals surface area contributed by atoms with E-state index in [1.54, 1.807) is 31.6 Å². The lowest BCUT2D eigenvalue weighted by atomic mass is 9.77. The molecule has 0 saturated carbocycles. The van der Waals surface area contributed by atoms with Crippen LogP contribution in [-0.4, -0.2) is 52.9 Å². The summed E-state index contributed by atoms with van der Waals surface area (Å²) < 4.78 is 5.93. The molecular weight excluding hydrogens is 428 g/mol. The molecule has 3 aromatic rings. The maximum absolute atomic E-state index is 12.8. The molecule has 0 saturated heterocycles. The normalized spacial score (nSPS) is 19.1. The van der Waals surface area contributed by atoms with Crippen molar-refractivity contribution in [2.45, 2.75) is 16.5 Å². The van der Waals surface area contributed by atoms with Crippen LogP contribution in [0.5, 0.6) is 6.01 Å². The Labute approximate surface area is 189 Å². The number of aliphatic carboxylic acids is 1. The van der Waals surface area contributed by atoms with Crippen LogP contribution in [0.2, 0.25) is 0 Å². The molecule has 1 amide bonds. The molecule has 0 fully saturated rings. The van der Waals surface area contributed by atoms with Crippen molar-refractivity contribution in [3.05, 3.63) is 78.1 Å². The Morgan fingerprint density at radius 1 is 1.16 bits per heavy atom. The van der Waals surface area contributed by atoms with Crippen LogP contribution in [0.4, 0.5) is 5.69 Å². The van der Waals surface area contributed by atoms with Gasteiger partial charge in [-0.2, -0.15) is 0 Å². The van der Waals surface area contributed by atoms with Crippen molar-refractivity contribution in [1.82, 2.24) is 15.3 Å². The van der Waals surface area contributed by atoms with Gasteiger partial charge in [-0.25, -0.2) is 14.8 Å². The van der Waals surface area contributed by atoms with E-state index < -0.39 is 17.6 Å². The molecule has 2 N–H and O–H groups in total. The van der Waals surface area contributed by atoms with Crippen molar-refractivity contribution in [3.63, 3.8) is 0 Å². The second kappa shape index (κ2) is 8.97. The average molecular weight is 451 g/mol. The van der Waals surface area contributed by atoms with E-state index in [-0.39, 0.29) is 18.5 Å². The van der Waals surface area contributed by atoms with E-state index in [0.717, 1.165) is 4.90 Å². The number of likely N-dealkylation sites (N-methyl/N-ethyl adjacent to an activating group) is 1. The fraction of sp³-hybridized carbons (Fsp3) is 0.217.